The summed E-state index contributed by atoms with van der Waals surface area (Å²) in [7, 11) is 0. The van der Waals surface area contributed by atoms with E-state index in [-0.39, 0.29) is 5.91 Å². The second-order valence-electron chi connectivity index (χ2n) is 3.46. The van der Waals surface area contributed by atoms with Crippen LogP contribution in [0.2, 0.25) is 0 Å². The lowest BCUT2D eigenvalue weighted by molar-refractivity contribution is -0.131. The highest BCUT2D eigenvalue weighted by molar-refractivity contribution is 7.99. The van der Waals surface area contributed by atoms with Crippen LogP contribution in [0.4, 0.5) is 5.69 Å². The maximum Gasteiger partial charge on any atom is 0.244 e. The van der Waals surface area contributed by atoms with E-state index in [1.165, 1.54) is 0 Å². The van der Waals surface area contributed by atoms with Crippen molar-refractivity contribution in [2.45, 2.75) is 6.54 Å². The van der Waals surface area contributed by atoms with Gasteiger partial charge in [-0.1, -0.05) is 0 Å². The van der Waals surface area contributed by atoms with Gasteiger partial charge in [0.15, 0.2) is 0 Å². The molecule has 2 N–H and O–H groups in total. The van der Waals surface area contributed by atoms with Crippen molar-refractivity contribution >= 4 is 23.4 Å². The fourth-order valence-corrected chi connectivity index (χ4v) is 2.42. The number of thioether (sulfide) groups is 1. The van der Waals surface area contributed by atoms with Crippen LogP contribution < -0.4 is 5.73 Å². The van der Waals surface area contributed by atoms with E-state index in [4.69, 9.17) is 5.73 Å². The van der Waals surface area contributed by atoms with E-state index in [1.807, 2.05) is 16.7 Å². The zero-order chi connectivity index (χ0) is 10.7. The summed E-state index contributed by atoms with van der Waals surface area (Å²) in [6.07, 6.45) is 3.23. The summed E-state index contributed by atoms with van der Waals surface area (Å²) >= 11 is 1.89. The first-order chi connectivity index (χ1) is 7.25. The first-order valence-electron chi connectivity index (χ1n) is 4.89. The van der Waals surface area contributed by atoms with Gasteiger partial charge >= 0.3 is 0 Å². The van der Waals surface area contributed by atoms with Gasteiger partial charge < -0.3 is 10.6 Å². The summed E-state index contributed by atoms with van der Waals surface area (Å²) in [5.41, 5.74) is 6.12. The number of nitrogens with two attached hydrogens (primary N) is 1. The molecule has 0 aromatic carbocycles. The summed E-state index contributed by atoms with van der Waals surface area (Å²) in [5, 5.41) is 3.99. The number of aromatic nitrogens is 2. The number of carbonyl (C=O) groups is 1. The van der Waals surface area contributed by atoms with Gasteiger partial charge in [-0.05, 0) is 0 Å². The van der Waals surface area contributed by atoms with Crippen molar-refractivity contribution in [2.24, 2.45) is 0 Å². The Morgan fingerprint density at radius 3 is 2.87 bits per heavy atom. The van der Waals surface area contributed by atoms with E-state index in [9.17, 15) is 4.79 Å². The third-order valence-electron chi connectivity index (χ3n) is 2.31. The van der Waals surface area contributed by atoms with Gasteiger partial charge in [-0.2, -0.15) is 16.9 Å². The van der Waals surface area contributed by atoms with E-state index in [1.54, 1.807) is 17.1 Å². The fraction of sp³-hybridized carbons (Fsp3) is 0.556. The van der Waals surface area contributed by atoms with E-state index >= 15 is 0 Å². The molecule has 0 unspecified atom stereocenters. The highest BCUT2D eigenvalue weighted by Crippen LogP contribution is 2.09. The maximum absolute atomic E-state index is 11.8. The average molecular weight is 226 g/mol. The number of carbonyl (C=O) groups excluding carboxylic acids is 1. The molecule has 0 aliphatic carbocycles. The minimum Gasteiger partial charge on any atom is -0.396 e. The predicted molar refractivity (Wildman–Crippen MR) is 60.5 cm³/mol. The molecule has 1 saturated heterocycles. The van der Waals surface area contributed by atoms with Crippen molar-refractivity contribution in [2.75, 3.05) is 30.3 Å². The van der Waals surface area contributed by atoms with Crippen LogP contribution in [-0.2, 0) is 11.3 Å². The highest BCUT2D eigenvalue weighted by atomic mass is 32.2. The van der Waals surface area contributed by atoms with Crippen molar-refractivity contribution in [3.05, 3.63) is 12.4 Å². The number of nitrogens with zero attached hydrogens (tertiary/aromatic N) is 3. The summed E-state index contributed by atoms with van der Waals surface area (Å²) in [6.45, 7) is 1.99. The lowest BCUT2D eigenvalue weighted by Crippen LogP contribution is -2.39. The van der Waals surface area contributed by atoms with Gasteiger partial charge in [0.25, 0.3) is 0 Å². The smallest absolute Gasteiger partial charge is 0.244 e. The molecule has 0 bridgehead atoms. The Balaban J connectivity index is 1.91. The van der Waals surface area contributed by atoms with Gasteiger partial charge in [0, 0.05) is 30.8 Å². The van der Waals surface area contributed by atoms with Gasteiger partial charge in [-0.25, -0.2) is 0 Å². The summed E-state index contributed by atoms with van der Waals surface area (Å²) < 4.78 is 1.58. The van der Waals surface area contributed by atoms with Crippen molar-refractivity contribution in [3.8, 4) is 0 Å². The number of hydrogen-bond acceptors (Lipinski definition) is 4. The summed E-state index contributed by atoms with van der Waals surface area (Å²) in [6, 6.07) is 0. The van der Waals surface area contributed by atoms with E-state index in [0.29, 0.717) is 12.2 Å². The lowest BCUT2D eigenvalue weighted by atomic mass is 10.4. The highest BCUT2D eigenvalue weighted by Gasteiger charge is 2.16. The van der Waals surface area contributed by atoms with Crippen molar-refractivity contribution < 1.29 is 4.79 Å². The van der Waals surface area contributed by atoms with Gasteiger partial charge in [0.2, 0.25) is 5.91 Å². The molecule has 0 radical (unpaired) electrons. The Hall–Kier alpha value is -1.17. The molecule has 0 spiro atoms. The first kappa shape index (κ1) is 10.4. The van der Waals surface area contributed by atoms with Crippen molar-refractivity contribution in [1.82, 2.24) is 14.7 Å². The van der Waals surface area contributed by atoms with Crippen LogP contribution in [0, 0.1) is 0 Å². The molecule has 1 aliphatic rings. The normalized spacial score (nSPS) is 16.7. The van der Waals surface area contributed by atoms with Crippen LogP contribution in [0.3, 0.4) is 0 Å². The standard InChI is InChI=1S/C9H14N4OS/c10-8-5-11-13(6-8)7-9(14)12-1-3-15-4-2-12/h5-6H,1-4,7,10H2. The summed E-state index contributed by atoms with van der Waals surface area (Å²) in [4.78, 5) is 13.7. The largest absolute Gasteiger partial charge is 0.396 e. The van der Waals surface area contributed by atoms with Crippen LogP contribution >= 0.6 is 11.8 Å². The average Bonchev–Trinajstić information content (AvgIpc) is 2.65. The molecule has 1 aliphatic heterocycles. The zero-order valence-corrected chi connectivity index (χ0v) is 9.24. The molecule has 0 saturated carbocycles. The van der Waals surface area contributed by atoms with Crippen LogP contribution in [0.1, 0.15) is 0 Å². The molecule has 0 atom stereocenters. The Morgan fingerprint density at radius 1 is 1.53 bits per heavy atom. The van der Waals surface area contributed by atoms with Gasteiger partial charge in [0.1, 0.15) is 6.54 Å². The number of hydrogen-bond donors (Lipinski definition) is 1. The Labute approximate surface area is 92.6 Å². The van der Waals surface area contributed by atoms with Crippen LogP contribution in [0.15, 0.2) is 12.4 Å². The quantitative estimate of drug-likeness (QED) is 0.773. The molecular formula is C9H14N4OS. The summed E-state index contributed by atoms with van der Waals surface area (Å²) in [5.74, 6) is 2.19. The van der Waals surface area contributed by atoms with E-state index in [2.05, 4.69) is 5.10 Å². The molecule has 1 aromatic heterocycles. The molecule has 1 aromatic rings. The minimum atomic E-state index is 0.124. The predicted octanol–water partition coefficient (Wildman–Crippen LogP) is 0.0407. The lowest BCUT2D eigenvalue weighted by Gasteiger charge is -2.26. The SMILES string of the molecule is Nc1cnn(CC(=O)N2CCSCC2)c1. The molecule has 6 heteroatoms. The second-order valence-corrected chi connectivity index (χ2v) is 4.69. The van der Waals surface area contributed by atoms with E-state index in [0.717, 1.165) is 24.6 Å². The molecule has 5 nitrogen and oxygen atoms in total. The molecule has 1 fully saturated rings. The maximum atomic E-state index is 11.8. The molecule has 2 rings (SSSR count). The molecule has 15 heavy (non-hydrogen) atoms. The second kappa shape index (κ2) is 4.57. The molecule has 2 heterocycles. The molecular weight excluding hydrogens is 212 g/mol. The van der Waals surface area contributed by atoms with Crippen molar-refractivity contribution in [3.63, 3.8) is 0 Å². The first-order valence-corrected chi connectivity index (χ1v) is 6.04. The van der Waals surface area contributed by atoms with Crippen LogP contribution in [0.25, 0.3) is 0 Å². The Kier molecular flexibility index (Phi) is 3.15. The Morgan fingerprint density at radius 2 is 2.27 bits per heavy atom. The van der Waals surface area contributed by atoms with Gasteiger partial charge in [-0.3, -0.25) is 9.48 Å². The Bertz CT molecular complexity index is 346. The monoisotopic (exact) mass is 226 g/mol. The third kappa shape index (κ3) is 2.65. The number of rotatable bonds is 2. The van der Waals surface area contributed by atoms with Crippen molar-refractivity contribution in [1.29, 1.82) is 0 Å². The van der Waals surface area contributed by atoms with Gasteiger partial charge in [-0.15, -0.1) is 0 Å². The molecule has 1 amide bonds. The third-order valence-corrected chi connectivity index (χ3v) is 3.26. The van der Waals surface area contributed by atoms with Crippen LogP contribution in [0.5, 0.6) is 0 Å². The number of anilines is 1. The van der Waals surface area contributed by atoms with Gasteiger partial charge in [0.05, 0.1) is 11.9 Å². The fourth-order valence-electron chi connectivity index (χ4n) is 1.52. The topological polar surface area (TPSA) is 64.1 Å². The zero-order valence-electron chi connectivity index (χ0n) is 8.43. The minimum absolute atomic E-state index is 0.124. The molecule has 82 valence electrons. The van der Waals surface area contributed by atoms with Crippen LogP contribution in [-0.4, -0.2) is 45.2 Å². The van der Waals surface area contributed by atoms with E-state index < -0.39 is 0 Å². The number of amides is 1. The number of nitrogen functional groups attached to an aromatic ring is 1.